The number of hydrogen-bond donors (Lipinski definition) is 0. The zero-order valence-corrected chi connectivity index (χ0v) is 21.7. The number of ether oxygens (including phenoxy) is 1. The van der Waals surface area contributed by atoms with E-state index >= 15 is 0 Å². The van der Waals surface area contributed by atoms with Gasteiger partial charge in [-0.15, -0.1) is 0 Å². The number of hydrogen-bond acceptors (Lipinski definition) is 4. The van der Waals surface area contributed by atoms with Crippen molar-refractivity contribution in [1.29, 1.82) is 0 Å². The highest BCUT2D eigenvalue weighted by molar-refractivity contribution is 5.86. The summed E-state index contributed by atoms with van der Waals surface area (Å²) < 4.78 is 5.27. The van der Waals surface area contributed by atoms with E-state index in [0.29, 0.717) is 13.1 Å². The maximum atomic E-state index is 13.7. The minimum absolute atomic E-state index is 0.0449. The first-order valence-electron chi connectivity index (χ1n) is 12.3. The van der Waals surface area contributed by atoms with Crippen molar-refractivity contribution < 1.29 is 14.3 Å². The Hall–Kier alpha value is -3.06. The van der Waals surface area contributed by atoms with Crippen LogP contribution in [0.3, 0.4) is 0 Å². The highest BCUT2D eigenvalue weighted by Gasteiger charge is 2.54. The maximum absolute atomic E-state index is 13.7. The second kappa shape index (κ2) is 9.90. The summed E-state index contributed by atoms with van der Waals surface area (Å²) in [6.07, 6.45) is 3.57. The molecule has 3 amide bonds. The fourth-order valence-corrected chi connectivity index (χ4v) is 5.77. The van der Waals surface area contributed by atoms with Crippen LogP contribution in [0.15, 0.2) is 54.6 Å². The van der Waals surface area contributed by atoms with Crippen LogP contribution in [0.5, 0.6) is 5.75 Å². The van der Waals surface area contributed by atoms with Gasteiger partial charge in [0.1, 0.15) is 12.3 Å². The fourth-order valence-electron chi connectivity index (χ4n) is 5.77. The molecular weight excluding hydrogens is 440 g/mol. The number of carbonyl (C=O) groups excluding carboxylic acids is 2. The molecule has 1 aliphatic carbocycles. The molecule has 1 spiro atoms. The summed E-state index contributed by atoms with van der Waals surface area (Å²) in [5.41, 5.74) is 1.95. The molecule has 0 unspecified atom stereocenters. The normalized spacial score (nSPS) is 24.3. The molecule has 2 aliphatic rings. The molecule has 0 radical (unpaired) electrons. The first kappa shape index (κ1) is 25.0. The Kier molecular flexibility index (Phi) is 7.08. The van der Waals surface area contributed by atoms with Crippen molar-refractivity contribution in [3.05, 3.63) is 65.7 Å². The van der Waals surface area contributed by atoms with Crippen molar-refractivity contribution in [2.45, 2.75) is 43.3 Å². The standard InChI is InChI=1S/C28H38N4O3/c1-29(2)25(33)20-32-26(34)31(19-22-11-13-24(35-5)14-12-22)21-27(32)15-17-28(18-16-27,30(3)4)23-9-7-6-8-10-23/h6-14H,15-21H2,1-5H3/t27-,28-. The summed E-state index contributed by atoms with van der Waals surface area (Å²) in [6, 6.07) is 18.5. The van der Waals surface area contributed by atoms with E-state index in [0.717, 1.165) is 37.0 Å². The molecule has 0 bridgehead atoms. The lowest BCUT2D eigenvalue weighted by Gasteiger charge is -2.51. The van der Waals surface area contributed by atoms with Crippen LogP contribution in [-0.2, 0) is 16.9 Å². The first-order chi connectivity index (χ1) is 16.7. The minimum atomic E-state index is -0.344. The van der Waals surface area contributed by atoms with Gasteiger partial charge in [-0.1, -0.05) is 42.5 Å². The van der Waals surface area contributed by atoms with Crippen molar-refractivity contribution in [2.24, 2.45) is 0 Å². The molecule has 1 saturated carbocycles. The smallest absolute Gasteiger partial charge is 0.321 e. The summed E-state index contributed by atoms with van der Waals surface area (Å²) >= 11 is 0. The molecule has 0 atom stereocenters. The predicted octanol–water partition coefficient (Wildman–Crippen LogP) is 3.79. The Balaban J connectivity index is 1.60. The van der Waals surface area contributed by atoms with Crippen LogP contribution in [0.25, 0.3) is 0 Å². The number of likely N-dealkylation sites (N-methyl/N-ethyl adjacent to an activating group) is 1. The minimum Gasteiger partial charge on any atom is -0.497 e. The van der Waals surface area contributed by atoms with Gasteiger partial charge in [0.05, 0.1) is 12.6 Å². The van der Waals surface area contributed by atoms with E-state index in [1.54, 1.807) is 26.1 Å². The average Bonchev–Trinajstić information content (AvgIpc) is 3.10. The largest absolute Gasteiger partial charge is 0.497 e. The van der Waals surface area contributed by atoms with E-state index in [2.05, 4.69) is 49.3 Å². The van der Waals surface area contributed by atoms with Crippen LogP contribution in [0.1, 0.15) is 36.8 Å². The van der Waals surface area contributed by atoms with Gasteiger partial charge in [-0.05, 0) is 63.0 Å². The summed E-state index contributed by atoms with van der Waals surface area (Å²) in [6.45, 7) is 1.27. The van der Waals surface area contributed by atoms with Crippen LogP contribution >= 0.6 is 0 Å². The molecule has 7 nitrogen and oxygen atoms in total. The van der Waals surface area contributed by atoms with Crippen LogP contribution < -0.4 is 4.74 Å². The molecule has 2 aromatic rings. The van der Waals surface area contributed by atoms with Crippen LogP contribution in [0.4, 0.5) is 4.79 Å². The molecule has 1 saturated heterocycles. The van der Waals surface area contributed by atoms with Gasteiger partial charge in [-0.3, -0.25) is 9.69 Å². The first-order valence-corrected chi connectivity index (χ1v) is 12.3. The lowest BCUT2D eigenvalue weighted by atomic mass is 9.68. The van der Waals surface area contributed by atoms with Crippen LogP contribution in [0.2, 0.25) is 0 Å². The molecule has 1 aliphatic heterocycles. The number of carbonyl (C=O) groups is 2. The Morgan fingerprint density at radius 3 is 2.11 bits per heavy atom. The van der Waals surface area contributed by atoms with Gasteiger partial charge in [0.2, 0.25) is 5.91 Å². The molecule has 35 heavy (non-hydrogen) atoms. The summed E-state index contributed by atoms with van der Waals surface area (Å²) in [5, 5.41) is 0. The van der Waals surface area contributed by atoms with Gasteiger partial charge in [0, 0.05) is 32.7 Å². The monoisotopic (exact) mass is 478 g/mol. The Labute approximate surface area is 209 Å². The molecule has 2 aromatic carbocycles. The number of amides is 3. The van der Waals surface area contributed by atoms with E-state index in [4.69, 9.17) is 4.74 Å². The molecule has 7 heteroatoms. The molecular formula is C28H38N4O3. The molecule has 0 N–H and O–H groups in total. The average molecular weight is 479 g/mol. The zero-order valence-electron chi connectivity index (χ0n) is 21.7. The van der Waals surface area contributed by atoms with Crippen molar-refractivity contribution in [2.75, 3.05) is 48.4 Å². The lowest BCUT2D eigenvalue weighted by Crippen LogP contribution is -2.57. The second-order valence-corrected chi connectivity index (χ2v) is 10.4. The van der Waals surface area contributed by atoms with Crippen LogP contribution in [0, 0.1) is 0 Å². The summed E-state index contributed by atoms with van der Waals surface area (Å²) in [4.78, 5) is 34.1. The molecule has 1 heterocycles. The predicted molar refractivity (Wildman–Crippen MR) is 137 cm³/mol. The summed E-state index contributed by atoms with van der Waals surface area (Å²) in [5.74, 6) is 0.751. The lowest BCUT2D eigenvalue weighted by molar-refractivity contribution is -0.130. The SMILES string of the molecule is COc1ccc(CN2C[C@]3(CC[C@@](c4ccccc4)(N(C)C)CC3)N(CC(=O)N(C)C)C2=O)cc1. The van der Waals surface area contributed by atoms with Gasteiger partial charge in [0.15, 0.2) is 0 Å². The maximum Gasteiger partial charge on any atom is 0.321 e. The molecule has 0 aromatic heterocycles. The van der Waals surface area contributed by atoms with Crippen LogP contribution in [-0.4, -0.2) is 85.5 Å². The quantitative estimate of drug-likeness (QED) is 0.608. The van der Waals surface area contributed by atoms with Gasteiger partial charge in [-0.2, -0.15) is 0 Å². The Morgan fingerprint density at radius 1 is 0.943 bits per heavy atom. The van der Waals surface area contributed by atoms with E-state index in [-0.39, 0.29) is 29.6 Å². The van der Waals surface area contributed by atoms with Gasteiger partial charge in [-0.25, -0.2) is 4.79 Å². The number of methoxy groups -OCH3 is 1. The third kappa shape index (κ3) is 4.74. The van der Waals surface area contributed by atoms with Gasteiger partial charge in [0.25, 0.3) is 0 Å². The highest BCUT2D eigenvalue weighted by atomic mass is 16.5. The van der Waals surface area contributed by atoms with E-state index in [9.17, 15) is 9.59 Å². The highest BCUT2D eigenvalue weighted by Crippen LogP contribution is 2.49. The molecule has 188 valence electrons. The van der Waals surface area contributed by atoms with Crippen molar-refractivity contribution >= 4 is 11.9 Å². The Bertz CT molecular complexity index is 1030. The topological polar surface area (TPSA) is 56.3 Å². The number of benzene rings is 2. The van der Waals surface area contributed by atoms with Gasteiger partial charge >= 0.3 is 6.03 Å². The fraction of sp³-hybridized carbons (Fsp3) is 0.500. The number of nitrogens with zero attached hydrogens (tertiary/aromatic N) is 4. The van der Waals surface area contributed by atoms with Crippen molar-refractivity contribution in [3.63, 3.8) is 0 Å². The molecule has 2 fully saturated rings. The van der Waals surface area contributed by atoms with Gasteiger partial charge < -0.3 is 19.4 Å². The van der Waals surface area contributed by atoms with E-state index in [1.807, 2.05) is 34.1 Å². The number of urea groups is 1. The second-order valence-electron chi connectivity index (χ2n) is 10.4. The number of rotatable bonds is 7. The third-order valence-corrected chi connectivity index (χ3v) is 8.06. The Morgan fingerprint density at radius 2 is 1.57 bits per heavy atom. The third-order valence-electron chi connectivity index (χ3n) is 8.06. The zero-order chi connectivity index (χ0) is 25.2. The van der Waals surface area contributed by atoms with E-state index < -0.39 is 0 Å². The van der Waals surface area contributed by atoms with E-state index in [1.165, 1.54) is 5.56 Å². The molecule has 4 rings (SSSR count). The summed E-state index contributed by atoms with van der Waals surface area (Å²) in [7, 11) is 9.44. The van der Waals surface area contributed by atoms with Crippen molar-refractivity contribution in [1.82, 2.24) is 19.6 Å². The van der Waals surface area contributed by atoms with Crippen molar-refractivity contribution in [3.8, 4) is 5.75 Å².